The van der Waals surface area contributed by atoms with E-state index < -0.39 is 0 Å². The first-order valence-electron chi connectivity index (χ1n) is 8.87. The zero-order chi connectivity index (χ0) is 17.5. The van der Waals surface area contributed by atoms with Crippen LogP contribution < -0.4 is 4.57 Å². The molecule has 124 valence electrons. The van der Waals surface area contributed by atoms with Crippen LogP contribution in [0.3, 0.4) is 0 Å². The normalized spacial score (nSPS) is 11.3. The first-order chi connectivity index (χ1) is 12.8. The molecule has 0 aliphatic heterocycles. The summed E-state index contributed by atoms with van der Waals surface area (Å²) in [6.07, 6.45) is 4.28. The van der Waals surface area contributed by atoms with E-state index in [1.807, 2.05) is 0 Å². The SMILES string of the molecule is C[n+]1ccn2c3ccccc3c(-c3ccccc3)c(-c3ccccc3)c21. The summed E-state index contributed by atoms with van der Waals surface area (Å²) in [7, 11) is 2.12. The quantitative estimate of drug-likeness (QED) is 0.389. The van der Waals surface area contributed by atoms with E-state index in [1.54, 1.807) is 0 Å². The van der Waals surface area contributed by atoms with Gasteiger partial charge in [0.15, 0.2) is 0 Å². The third kappa shape index (κ3) is 2.16. The van der Waals surface area contributed by atoms with Crippen LogP contribution in [0.25, 0.3) is 38.8 Å². The Hall–Kier alpha value is -3.39. The highest BCUT2D eigenvalue weighted by Crippen LogP contribution is 2.40. The Kier molecular flexibility index (Phi) is 3.36. The predicted molar refractivity (Wildman–Crippen MR) is 107 cm³/mol. The van der Waals surface area contributed by atoms with Crippen LogP contribution in [-0.4, -0.2) is 4.40 Å². The first kappa shape index (κ1) is 14.9. The Balaban J connectivity index is 2.07. The Morgan fingerprint density at radius 3 is 1.92 bits per heavy atom. The van der Waals surface area contributed by atoms with Crippen molar-refractivity contribution in [3.8, 4) is 22.3 Å². The van der Waals surface area contributed by atoms with Crippen LogP contribution in [0.5, 0.6) is 0 Å². The number of pyridine rings is 1. The van der Waals surface area contributed by atoms with Crippen LogP contribution in [0.15, 0.2) is 97.3 Å². The fourth-order valence-electron chi connectivity index (χ4n) is 3.89. The highest BCUT2D eigenvalue weighted by atomic mass is 15.1. The molecule has 0 spiro atoms. The summed E-state index contributed by atoms with van der Waals surface area (Å²) in [5.41, 5.74) is 7.45. The molecule has 0 unspecified atom stereocenters. The number of fused-ring (bicyclic) bond motifs is 3. The molecule has 0 atom stereocenters. The molecule has 5 aromatic rings. The van der Waals surface area contributed by atoms with Crippen molar-refractivity contribution in [3.05, 3.63) is 97.3 Å². The molecular weight excluding hydrogens is 316 g/mol. The van der Waals surface area contributed by atoms with Crippen molar-refractivity contribution in [1.82, 2.24) is 4.40 Å². The average molecular weight is 335 g/mol. The van der Waals surface area contributed by atoms with E-state index in [-0.39, 0.29) is 0 Å². The Morgan fingerprint density at radius 1 is 0.654 bits per heavy atom. The molecule has 0 amide bonds. The summed E-state index contributed by atoms with van der Waals surface area (Å²) >= 11 is 0. The highest BCUT2D eigenvalue weighted by Gasteiger charge is 2.24. The van der Waals surface area contributed by atoms with E-state index in [0.717, 1.165) is 0 Å². The molecule has 2 heterocycles. The summed E-state index contributed by atoms with van der Waals surface area (Å²) in [6.45, 7) is 0. The lowest BCUT2D eigenvalue weighted by Crippen LogP contribution is -2.26. The van der Waals surface area contributed by atoms with E-state index >= 15 is 0 Å². The number of para-hydroxylation sites is 1. The molecule has 0 fully saturated rings. The Bertz CT molecular complexity index is 1220. The molecule has 0 N–H and O–H groups in total. The van der Waals surface area contributed by atoms with Crippen LogP contribution >= 0.6 is 0 Å². The van der Waals surface area contributed by atoms with Gasteiger partial charge < -0.3 is 0 Å². The van der Waals surface area contributed by atoms with Crippen LogP contribution in [0.4, 0.5) is 0 Å². The van der Waals surface area contributed by atoms with Crippen molar-refractivity contribution >= 4 is 16.6 Å². The summed E-state index contributed by atoms with van der Waals surface area (Å²) in [4.78, 5) is 0. The van der Waals surface area contributed by atoms with Gasteiger partial charge in [-0.25, -0.2) is 4.57 Å². The number of imidazole rings is 1. The van der Waals surface area contributed by atoms with Gasteiger partial charge in [0.1, 0.15) is 17.9 Å². The second-order valence-electron chi connectivity index (χ2n) is 6.60. The zero-order valence-electron chi connectivity index (χ0n) is 14.6. The molecule has 3 aromatic carbocycles. The van der Waals surface area contributed by atoms with Crippen molar-refractivity contribution in [2.45, 2.75) is 0 Å². The van der Waals surface area contributed by atoms with Gasteiger partial charge in [0, 0.05) is 10.9 Å². The van der Waals surface area contributed by atoms with Crippen LogP contribution in [0.1, 0.15) is 0 Å². The largest absolute Gasteiger partial charge is 0.295 e. The third-order valence-corrected chi connectivity index (χ3v) is 5.03. The van der Waals surface area contributed by atoms with Crippen molar-refractivity contribution in [3.63, 3.8) is 0 Å². The van der Waals surface area contributed by atoms with E-state index in [4.69, 9.17) is 0 Å². The maximum absolute atomic E-state index is 2.30. The van der Waals surface area contributed by atoms with Crippen LogP contribution in [0.2, 0.25) is 0 Å². The monoisotopic (exact) mass is 335 g/mol. The number of hydrogen-bond donors (Lipinski definition) is 0. The second-order valence-corrected chi connectivity index (χ2v) is 6.60. The van der Waals surface area contributed by atoms with Gasteiger partial charge in [-0.05, 0) is 17.2 Å². The van der Waals surface area contributed by atoms with E-state index in [9.17, 15) is 0 Å². The summed E-state index contributed by atoms with van der Waals surface area (Å²) in [5.74, 6) is 0. The van der Waals surface area contributed by atoms with Gasteiger partial charge in [-0.3, -0.25) is 0 Å². The maximum Gasteiger partial charge on any atom is 0.295 e. The lowest BCUT2D eigenvalue weighted by Gasteiger charge is -2.13. The van der Waals surface area contributed by atoms with E-state index in [2.05, 4.69) is 113 Å². The summed E-state index contributed by atoms with van der Waals surface area (Å²) in [6, 6.07) is 30.0. The minimum Gasteiger partial charge on any atom is -0.232 e. The third-order valence-electron chi connectivity index (χ3n) is 5.03. The molecule has 0 saturated carbocycles. The molecule has 0 radical (unpaired) electrons. The Labute approximate surface area is 152 Å². The fraction of sp³-hybridized carbons (Fsp3) is 0.0417. The number of hydrogen-bond acceptors (Lipinski definition) is 0. The number of nitrogens with zero attached hydrogens (tertiary/aromatic N) is 2. The molecule has 0 bridgehead atoms. The van der Waals surface area contributed by atoms with E-state index in [1.165, 1.54) is 38.8 Å². The Morgan fingerprint density at radius 2 is 1.23 bits per heavy atom. The van der Waals surface area contributed by atoms with Gasteiger partial charge in [0.25, 0.3) is 5.65 Å². The fourth-order valence-corrected chi connectivity index (χ4v) is 3.89. The smallest absolute Gasteiger partial charge is 0.232 e. The topological polar surface area (TPSA) is 8.29 Å². The molecule has 26 heavy (non-hydrogen) atoms. The van der Waals surface area contributed by atoms with Crippen molar-refractivity contribution < 1.29 is 4.57 Å². The standard InChI is InChI=1S/C24H19N2/c1-25-16-17-26-21-15-9-8-14-20(21)22(18-10-4-2-5-11-18)23(24(25)26)19-12-6-3-7-13-19/h2-17H,1H3/q+1. The average Bonchev–Trinajstić information content (AvgIpc) is 3.10. The second kappa shape index (κ2) is 5.85. The number of aryl methyl sites for hydroxylation is 1. The minimum absolute atomic E-state index is 1.20. The lowest BCUT2D eigenvalue weighted by molar-refractivity contribution is -0.644. The van der Waals surface area contributed by atoms with Gasteiger partial charge >= 0.3 is 0 Å². The number of benzene rings is 3. The van der Waals surface area contributed by atoms with Crippen molar-refractivity contribution in [2.75, 3.05) is 0 Å². The number of rotatable bonds is 2. The van der Waals surface area contributed by atoms with Gasteiger partial charge in [0.2, 0.25) is 0 Å². The molecular formula is C24H19N2+. The van der Waals surface area contributed by atoms with Crippen molar-refractivity contribution in [1.29, 1.82) is 0 Å². The molecule has 5 rings (SSSR count). The molecule has 0 saturated heterocycles. The highest BCUT2D eigenvalue weighted by molar-refractivity contribution is 6.06. The predicted octanol–water partition coefficient (Wildman–Crippen LogP) is 5.25. The summed E-state index contributed by atoms with van der Waals surface area (Å²) in [5, 5.41) is 1.27. The van der Waals surface area contributed by atoms with Gasteiger partial charge in [0.05, 0.1) is 12.6 Å². The zero-order valence-corrected chi connectivity index (χ0v) is 14.6. The molecule has 2 nitrogen and oxygen atoms in total. The molecule has 0 aliphatic rings. The van der Waals surface area contributed by atoms with Crippen LogP contribution in [0, 0.1) is 0 Å². The van der Waals surface area contributed by atoms with Crippen LogP contribution in [-0.2, 0) is 7.05 Å². The van der Waals surface area contributed by atoms with Gasteiger partial charge in [-0.15, -0.1) is 0 Å². The van der Waals surface area contributed by atoms with Gasteiger partial charge in [-0.1, -0.05) is 78.9 Å². The first-order valence-corrected chi connectivity index (χ1v) is 8.87. The maximum atomic E-state index is 2.30. The van der Waals surface area contributed by atoms with Crippen molar-refractivity contribution in [2.24, 2.45) is 7.05 Å². The number of aromatic nitrogens is 2. The van der Waals surface area contributed by atoms with E-state index in [0.29, 0.717) is 0 Å². The lowest BCUT2D eigenvalue weighted by atomic mass is 9.92. The summed E-state index contributed by atoms with van der Waals surface area (Å²) < 4.78 is 4.51. The molecule has 2 aromatic heterocycles. The molecule has 2 heteroatoms. The molecule has 0 aliphatic carbocycles. The van der Waals surface area contributed by atoms with Gasteiger partial charge in [-0.2, -0.15) is 4.40 Å². The minimum atomic E-state index is 1.20.